The molecule has 2 atom stereocenters. The smallest absolute Gasteiger partial charge is 0.318 e. The van der Waals surface area contributed by atoms with Crippen LogP contribution in [0, 0.1) is 11.3 Å². The van der Waals surface area contributed by atoms with Crippen molar-refractivity contribution in [2.24, 2.45) is 0 Å². The number of likely N-dealkylation sites (N-methyl/N-ethyl adjacent to an activating group) is 1. The number of carbonyl (C=O) groups excluding carboxylic acids is 1. The third-order valence-corrected chi connectivity index (χ3v) is 9.36. The van der Waals surface area contributed by atoms with Gasteiger partial charge >= 0.3 is 6.01 Å². The molecule has 0 saturated carbocycles. The highest BCUT2D eigenvalue weighted by Gasteiger charge is 2.34. The molecule has 0 spiro atoms. The Kier molecular flexibility index (Phi) is 9.33. The zero-order valence-corrected chi connectivity index (χ0v) is 26.0. The first-order valence-electron chi connectivity index (χ1n) is 15.4. The Hall–Kier alpha value is -4.01. The molecule has 3 aliphatic heterocycles. The van der Waals surface area contributed by atoms with E-state index in [2.05, 4.69) is 46.0 Å². The number of rotatable bonds is 8. The van der Waals surface area contributed by atoms with Crippen molar-refractivity contribution in [3.8, 4) is 12.1 Å². The number of hydrogen-bond donors (Lipinski definition) is 0. The Labute approximate surface area is 266 Å². The summed E-state index contributed by atoms with van der Waals surface area (Å²) in [7, 11) is 2.10. The number of halogens is 3. The molecule has 2 aromatic carbocycles. The van der Waals surface area contributed by atoms with Gasteiger partial charge in [-0.15, -0.1) is 0 Å². The lowest BCUT2D eigenvalue weighted by Crippen LogP contribution is -2.55. The molecule has 1 amide bonds. The lowest BCUT2D eigenvalue weighted by atomic mass is 10.0. The van der Waals surface area contributed by atoms with Gasteiger partial charge in [-0.1, -0.05) is 35.9 Å². The average Bonchev–Trinajstić information content (AvgIpc) is 3.46. The summed E-state index contributed by atoms with van der Waals surface area (Å²) >= 11 is 6.68. The van der Waals surface area contributed by atoms with E-state index in [0.717, 1.165) is 65.5 Å². The first-order chi connectivity index (χ1) is 21.8. The minimum atomic E-state index is -2.72. The highest BCUT2D eigenvalue weighted by atomic mass is 35.5. The number of carbonyl (C=O) groups is 1. The van der Waals surface area contributed by atoms with Crippen LogP contribution < -0.4 is 14.5 Å². The van der Waals surface area contributed by atoms with Gasteiger partial charge in [0, 0.05) is 54.9 Å². The third-order valence-electron chi connectivity index (χ3n) is 9.05. The minimum absolute atomic E-state index is 0.0744. The van der Waals surface area contributed by atoms with Gasteiger partial charge in [0.2, 0.25) is 5.91 Å². The quantitative estimate of drug-likeness (QED) is 0.317. The number of nitriles is 1. The molecule has 3 aromatic rings. The van der Waals surface area contributed by atoms with E-state index in [4.69, 9.17) is 26.3 Å². The summed E-state index contributed by atoms with van der Waals surface area (Å²) in [4.78, 5) is 30.8. The van der Waals surface area contributed by atoms with E-state index in [1.807, 2.05) is 18.2 Å². The van der Waals surface area contributed by atoms with E-state index >= 15 is 0 Å². The van der Waals surface area contributed by atoms with Crippen LogP contribution in [0.3, 0.4) is 0 Å². The fourth-order valence-electron chi connectivity index (χ4n) is 6.69. The average molecular weight is 636 g/mol. The molecule has 0 radical (unpaired) electrons. The van der Waals surface area contributed by atoms with Crippen molar-refractivity contribution in [1.82, 2.24) is 19.8 Å². The van der Waals surface area contributed by atoms with Crippen molar-refractivity contribution in [3.63, 3.8) is 0 Å². The zero-order valence-electron chi connectivity index (χ0n) is 25.2. The number of hydrogen-bond acceptors (Lipinski definition) is 8. The van der Waals surface area contributed by atoms with Crippen molar-refractivity contribution in [1.29, 1.82) is 5.26 Å². The predicted molar refractivity (Wildman–Crippen MR) is 170 cm³/mol. The van der Waals surface area contributed by atoms with Gasteiger partial charge in [-0.2, -0.15) is 15.2 Å². The Morgan fingerprint density at radius 3 is 2.71 bits per heavy atom. The Morgan fingerprint density at radius 1 is 1.13 bits per heavy atom. The third kappa shape index (κ3) is 6.67. The van der Waals surface area contributed by atoms with Crippen LogP contribution in [0.15, 0.2) is 48.6 Å². The van der Waals surface area contributed by atoms with Crippen LogP contribution in [-0.2, 0) is 17.8 Å². The normalized spacial score (nSPS) is 20.7. The molecule has 1 aromatic heterocycles. The molecule has 236 valence electrons. The molecular weight excluding hydrogens is 600 g/mol. The van der Waals surface area contributed by atoms with Gasteiger partial charge in [-0.25, -0.2) is 8.78 Å². The minimum Gasteiger partial charge on any atom is -0.462 e. The van der Waals surface area contributed by atoms with Crippen LogP contribution in [-0.4, -0.2) is 90.6 Å². The zero-order chi connectivity index (χ0) is 31.5. The molecule has 0 N–H and O–H groups in total. The highest BCUT2D eigenvalue weighted by Crippen LogP contribution is 2.37. The maximum absolute atomic E-state index is 12.8. The molecule has 4 heterocycles. The first kappa shape index (κ1) is 31.0. The second-order valence-corrected chi connectivity index (χ2v) is 12.2. The number of benzene rings is 2. The van der Waals surface area contributed by atoms with E-state index in [0.29, 0.717) is 55.8 Å². The Bertz CT molecular complexity index is 1630. The SMILES string of the molecule is CN1CCC[C@H]1COc1nc2c(c(N3CCN(C(=O)/C=C/C(F)F)[C@@H](CC#N)C3)n1)CCN(c1cccc3cccc(Cl)c13)C2. The second kappa shape index (κ2) is 13.5. The summed E-state index contributed by atoms with van der Waals surface area (Å²) in [6.45, 7) is 3.83. The van der Waals surface area contributed by atoms with Crippen LogP contribution >= 0.6 is 11.6 Å². The van der Waals surface area contributed by atoms with Gasteiger partial charge in [0.05, 0.1) is 35.8 Å². The van der Waals surface area contributed by atoms with Gasteiger partial charge < -0.3 is 24.3 Å². The first-order valence-corrected chi connectivity index (χ1v) is 15.7. The number of likely N-dealkylation sites (tertiary alicyclic amines) is 1. The summed E-state index contributed by atoms with van der Waals surface area (Å²) in [6, 6.07) is 14.4. The van der Waals surface area contributed by atoms with Gasteiger partial charge in [-0.3, -0.25) is 4.79 Å². The largest absolute Gasteiger partial charge is 0.462 e. The number of ether oxygens (including phenoxy) is 1. The number of allylic oxidation sites excluding steroid dienone is 1. The van der Waals surface area contributed by atoms with Gasteiger partial charge in [0.25, 0.3) is 6.43 Å². The van der Waals surface area contributed by atoms with Gasteiger partial charge in [0.15, 0.2) is 0 Å². The Morgan fingerprint density at radius 2 is 1.96 bits per heavy atom. The molecule has 2 saturated heterocycles. The lowest BCUT2D eigenvalue weighted by molar-refractivity contribution is -0.128. The highest BCUT2D eigenvalue weighted by molar-refractivity contribution is 6.36. The number of amides is 1. The second-order valence-electron chi connectivity index (χ2n) is 11.8. The summed E-state index contributed by atoms with van der Waals surface area (Å²) < 4.78 is 31.7. The number of fused-ring (bicyclic) bond motifs is 2. The van der Waals surface area contributed by atoms with E-state index in [-0.39, 0.29) is 13.0 Å². The van der Waals surface area contributed by atoms with Crippen molar-refractivity contribution < 1.29 is 18.3 Å². The summed E-state index contributed by atoms with van der Waals surface area (Å²) in [5, 5.41) is 12.3. The molecular formula is C33H36ClF2N7O2. The van der Waals surface area contributed by atoms with Gasteiger partial charge in [0.1, 0.15) is 12.4 Å². The maximum atomic E-state index is 12.8. The van der Waals surface area contributed by atoms with Crippen molar-refractivity contribution in [2.75, 3.05) is 56.2 Å². The van der Waals surface area contributed by atoms with E-state index in [1.165, 1.54) is 4.90 Å². The molecule has 9 nitrogen and oxygen atoms in total. The molecule has 0 bridgehead atoms. The molecule has 6 rings (SSSR count). The van der Waals surface area contributed by atoms with Crippen LogP contribution in [0.2, 0.25) is 5.02 Å². The van der Waals surface area contributed by atoms with Crippen LogP contribution in [0.25, 0.3) is 10.8 Å². The topological polar surface area (TPSA) is 88.8 Å². The predicted octanol–water partition coefficient (Wildman–Crippen LogP) is 5.07. The van der Waals surface area contributed by atoms with Crippen LogP contribution in [0.1, 0.15) is 30.5 Å². The number of alkyl halides is 2. The maximum Gasteiger partial charge on any atom is 0.318 e. The van der Waals surface area contributed by atoms with Crippen molar-refractivity contribution >= 4 is 39.8 Å². The summed E-state index contributed by atoms with van der Waals surface area (Å²) in [5.74, 6) is 0.220. The summed E-state index contributed by atoms with van der Waals surface area (Å²) in [5.41, 5.74) is 2.91. The monoisotopic (exact) mass is 635 g/mol. The Balaban J connectivity index is 1.32. The van der Waals surface area contributed by atoms with Crippen LogP contribution in [0.5, 0.6) is 6.01 Å². The molecule has 45 heavy (non-hydrogen) atoms. The fourth-order valence-corrected chi connectivity index (χ4v) is 6.97. The van der Waals surface area contributed by atoms with E-state index in [9.17, 15) is 18.8 Å². The van der Waals surface area contributed by atoms with E-state index < -0.39 is 18.4 Å². The van der Waals surface area contributed by atoms with E-state index in [1.54, 1.807) is 0 Å². The number of nitrogens with zero attached hydrogens (tertiary/aromatic N) is 7. The van der Waals surface area contributed by atoms with Crippen molar-refractivity contribution in [2.45, 2.75) is 50.7 Å². The fraction of sp³-hybridized carbons (Fsp3) is 0.455. The number of aromatic nitrogens is 2. The standard InChI is InChI=1S/C33H36ClF2N7O2/c1-40-15-4-7-24(40)21-45-33-38-27-20-41(28-9-3-6-22-5-2-8-26(34)31(22)28)16-13-25(27)32(39-33)42-17-18-43(23(19-42)12-14-37)30(44)11-10-29(35)36/h2-3,5-6,8-11,23-24,29H,4,7,12-13,15-21H2,1H3/b11-10+/t23-,24-/m0/s1. The lowest BCUT2D eigenvalue weighted by Gasteiger charge is -2.42. The summed E-state index contributed by atoms with van der Waals surface area (Å²) in [6.07, 6.45) is 1.69. The number of anilines is 2. The number of piperazine rings is 1. The van der Waals surface area contributed by atoms with Gasteiger partial charge in [-0.05, 0) is 56.4 Å². The molecule has 3 aliphatic rings. The molecule has 0 unspecified atom stereocenters. The van der Waals surface area contributed by atoms with Crippen molar-refractivity contribution in [3.05, 3.63) is 64.8 Å². The van der Waals surface area contributed by atoms with Crippen LogP contribution in [0.4, 0.5) is 20.3 Å². The molecule has 0 aliphatic carbocycles. The molecule has 12 heteroatoms. The molecule has 2 fully saturated rings.